The highest BCUT2D eigenvalue weighted by molar-refractivity contribution is 7.93. The van der Waals surface area contributed by atoms with E-state index < -0.39 is 9.84 Å². The number of hydrogen-bond donors (Lipinski definition) is 0. The van der Waals surface area contributed by atoms with Gasteiger partial charge >= 0.3 is 0 Å². The second-order valence-electron chi connectivity index (χ2n) is 5.40. The van der Waals surface area contributed by atoms with Crippen molar-refractivity contribution in [1.82, 2.24) is 10.2 Å². The lowest BCUT2D eigenvalue weighted by molar-refractivity contribution is 0.0899. The Labute approximate surface area is 117 Å². The molecule has 1 aromatic heterocycles. The number of Topliss-reactive ketones (excluding diaryl/α,β-unsaturated/α-hetero) is 1. The minimum absolute atomic E-state index is 0.105. The second-order valence-corrected chi connectivity index (χ2v) is 7.92. The Bertz CT molecular complexity index is 606. The largest absolute Gasteiger partial charge is 0.480 e. The molecule has 0 saturated carbocycles. The summed E-state index contributed by atoms with van der Waals surface area (Å²) in [5.74, 6) is -0.00138. The Kier molecular flexibility index (Phi) is 3.24. The zero-order valence-corrected chi connectivity index (χ0v) is 12.0. The van der Waals surface area contributed by atoms with E-state index in [0.29, 0.717) is 31.6 Å². The van der Waals surface area contributed by atoms with E-state index in [9.17, 15) is 13.2 Å². The number of carbonyl (C=O) groups is 1. The molecular formula is C13H16N2O4S. The molecule has 0 spiro atoms. The fourth-order valence-electron chi connectivity index (χ4n) is 3.19. The van der Waals surface area contributed by atoms with Crippen LogP contribution < -0.4 is 4.74 Å². The summed E-state index contributed by atoms with van der Waals surface area (Å²) in [4.78, 5) is 12.4. The van der Waals surface area contributed by atoms with Crippen LogP contribution in [0.4, 0.5) is 0 Å². The van der Waals surface area contributed by atoms with Gasteiger partial charge < -0.3 is 4.74 Å². The number of nitrogens with zero attached hydrogens (tertiary/aromatic N) is 2. The van der Waals surface area contributed by atoms with Gasteiger partial charge in [0.1, 0.15) is 5.69 Å². The van der Waals surface area contributed by atoms with Crippen molar-refractivity contribution in [2.75, 3.05) is 7.11 Å². The number of hydrogen-bond acceptors (Lipinski definition) is 6. The van der Waals surface area contributed by atoms with Gasteiger partial charge in [-0.05, 0) is 31.7 Å². The fraction of sp³-hybridized carbons (Fsp3) is 0.615. The first kappa shape index (κ1) is 13.5. The molecule has 2 aliphatic rings. The molecule has 0 amide bonds. The van der Waals surface area contributed by atoms with Crippen LogP contribution in [-0.2, 0) is 9.84 Å². The van der Waals surface area contributed by atoms with E-state index in [0.717, 1.165) is 0 Å². The first-order chi connectivity index (χ1) is 9.52. The molecule has 7 heteroatoms. The van der Waals surface area contributed by atoms with Crippen LogP contribution in [0, 0.1) is 5.92 Å². The van der Waals surface area contributed by atoms with Crippen LogP contribution in [0.25, 0.3) is 0 Å². The maximum atomic E-state index is 12.4. The molecule has 3 rings (SSSR count). The predicted octanol–water partition coefficient (Wildman–Crippen LogP) is 1.02. The van der Waals surface area contributed by atoms with Gasteiger partial charge in [-0.3, -0.25) is 4.79 Å². The average Bonchev–Trinajstić information content (AvgIpc) is 2.66. The summed E-state index contributed by atoms with van der Waals surface area (Å²) in [7, 11) is -1.52. The zero-order chi connectivity index (χ0) is 14.3. The van der Waals surface area contributed by atoms with E-state index in [1.165, 1.54) is 7.11 Å². The van der Waals surface area contributed by atoms with Gasteiger partial charge in [-0.25, -0.2) is 8.42 Å². The fourth-order valence-corrected chi connectivity index (χ4v) is 5.67. The van der Waals surface area contributed by atoms with Crippen LogP contribution in [0.5, 0.6) is 5.88 Å². The van der Waals surface area contributed by atoms with E-state index >= 15 is 0 Å². The number of aromatic nitrogens is 2. The van der Waals surface area contributed by atoms with E-state index in [1.54, 1.807) is 12.1 Å². The number of ether oxygens (including phenoxy) is 1. The Morgan fingerprint density at radius 2 is 1.85 bits per heavy atom. The van der Waals surface area contributed by atoms with Crippen molar-refractivity contribution in [2.24, 2.45) is 5.92 Å². The third-order valence-electron chi connectivity index (χ3n) is 4.31. The molecule has 1 aromatic rings. The minimum atomic E-state index is -3.00. The zero-order valence-electron chi connectivity index (χ0n) is 11.2. The number of rotatable bonds is 3. The molecule has 0 aromatic carbocycles. The lowest BCUT2D eigenvalue weighted by atomic mass is 9.93. The van der Waals surface area contributed by atoms with Gasteiger partial charge in [-0.15, -0.1) is 10.2 Å². The quantitative estimate of drug-likeness (QED) is 0.774. The lowest BCUT2D eigenvalue weighted by Gasteiger charge is -2.26. The summed E-state index contributed by atoms with van der Waals surface area (Å²) in [6.45, 7) is 0. The summed E-state index contributed by atoms with van der Waals surface area (Å²) in [5, 5.41) is 6.95. The smallest absolute Gasteiger partial charge is 0.233 e. The number of ketones is 1. The summed E-state index contributed by atoms with van der Waals surface area (Å²) in [5.41, 5.74) is 0.287. The highest BCUT2D eigenvalue weighted by Gasteiger charge is 2.48. The molecule has 2 fully saturated rings. The van der Waals surface area contributed by atoms with Crippen molar-refractivity contribution >= 4 is 15.6 Å². The highest BCUT2D eigenvalue weighted by atomic mass is 32.2. The SMILES string of the molecule is COc1ccc(C(=O)C2CC3CCC(C2)S3(=O)=O)nn1. The predicted molar refractivity (Wildman–Crippen MR) is 71.4 cm³/mol. The summed E-state index contributed by atoms with van der Waals surface area (Å²) < 4.78 is 28.9. The Morgan fingerprint density at radius 3 is 2.35 bits per heavy atom. The van der Waals surface area contributed by atoms with Crippen LogP contribution in [-0.4, -0.2) is 42.0 Å². The van der Waals surface area contributed by atoms with Crippen LogP contribution in [0.2, 0.25) is 0 Å². The molecule has 3 heterocycles. The third kappa shape index (κ3) is 2.09. The van der Waals surface area contributed by atoms with E-state index in [2.05, 4.69) is 10.2 Å². The molecule has 0 aliphatic carbocycles. The molecule has 2 unspecified atom stereocenters. The molecule has 2 aliphatic heterocycles. The number of carbonyl (C=O) groups excluding carboxylic acids is 1. The number of sulfone groups is 1. The Balaban J connectivity index is 1.79. The van der Waals surface area contributed by atoms with Gasteiger partial charge in [0, 0.05) is 12.0 Å². The van der Waals surface area contributed by atoms with Crippen LogP contribution in [0.1, 0.15) is 36.2 Å². The normalized spacial score (nSPS) is 30.9. The molecule has 0 radical (unpaired) electrons. The van der Waals surface area contributed by atoms with Gasteiger partial charge in [0.25, 0.3) is 0 Å². The number of fused-ring (bicyclic) bond motifs is 2. The summed E-state index contributed by atoms with van der Waals surface area (Å²) >= 11 is 0. The van der Waals surface area contributed by atoms with Gasteiger partial charge in [0.05, 0.1) is 17.6 Å². The third-order valence-corrected chi connectivity index (χ3v) is 7.02. The van der Waals surface area contributed by atoms with Crippen LogP contribution in [0.15, 0.2) is 12.1 Å². The van der Waals surface area contributed by atoms with Gasteiger partial charge in [0.15, 0.2) is 15.6 Å². The Hall–Kier alpha value is -1.50. The molecule has 6 nitrogen and oxygen atoms in total. The molecule has 2 bridgehead atoms. The molecule has 2 saturated heterocycles. The van der Waals surface area contributed by atoms with Crippen molar-refractivity contribution < 1.29 is 17.9 Å². The van der Waals surface area contributed by atoms with Crippen molar-refractivity contribution in [3.05, 3.63) is 17.8 Å². The van der Waals surface area contributed by atoms with Gasteiger partial charge in [-0.1, -0.05) is 0 Å². The van der Waals surface area contributed by atoms with Crippen molar-refractivity contribution in [3.63, 3.8) is 0 Å². The molecule has 20 heavy (non-hydrogen) atoms. The Morgan fingerprint density at radius 1 is 1.20 bits per heavy atom. The monoisotopic (exact) mass is 296 g/mol. The number of methoxy groups -OCH3 is 1. The molecule has 2 atom stereocenters. The summed E-state index contributed by atoms with van der Waals surface area (Å²) in [6.07, 6.45) is 2.22. The molecule has 0 N–H and O–H groups in total. The highest BCUT2D eigenvalue weighted by Crippen LogP contribution is 2.41. The second kappa shape index (κ2) is 4.80. The van der Waals surface area contributed by atoms with E-state index in [-0.39, 0.29) is 27.9 Å². The summed E-state index contributed by atoms with van der Waals surface area (Å²) in [6, 6.07) is 3.17. The first-order valence-electron chi connectivity index (χ1n) is 6.67. The lowest BCUT2D eigenvalue weighted by Crippen LogP contribution is -2.36. The standard InChI is InChI=1S/C13H16N2O4S/c1-19-12-5-4-11(14-15-12)13(16)8-6-9-2-3-10(7-8)20(9,17)18/h4-5,8-10H,2-3,6-7H2,1H3. The molecular weight excluding hydrogens is 280 g/mol. The van der Waals surface area contributed by atoms with Gasteiger partial charge in [-0.2, -0.15) is 0 Å². The molecule has 108 valence electrons. The van der Waals surface area contributed by atoms with Crippen molar-refractivity contribution in [1.29, 1.82) is 0 Å². The average molecular weight is 296 g/mol. The van der Waals surface area contributed by atoms with Crippen LogP contribution in [0.3, 0.4) is 0 Å². The topological polar surface area (TPSA) is 86.2 Å². The van der Waals surface area contributed by atoms with Crippen LogP contribution >= 0.6 is 0 Å². The van der Waals surface area contributed by atoms with E-state index in [4.69, 9.17) is 4.74 Å². The minimum Gasteiger partial charge on any atom is -0.480 e. The van der Waals surface area contributed by atoms with Gasteiger partial charge in [0.2, 0.25) is 5.88 Å². The maximum Gasteiger partial charge on any atom is 0.233 e. The van der Waals surface area contributed by atoms with Crippen molar-refractivity contribution in [2.45, 2.75) is 36.2 Å². The van der Waals surface area contributed by atoms with Crippen molar-refractivity contribution in [3.8, 4) is 5.88 Å². The first-order valence-corrected chi connectivity index (χ1v) is 8.28. The van der Waals surface area contributed by atoms with E-state index in [1.807, 2.05) is 0 Å². The maximum absolute atomic E-state index is 12.4.